The Hall–Kier alpha value is -1.59. The molecule has 112 valence electrons. The average Bonchev–Trinajstić information content (AvgIpc) is 2.75. The minimum Gasteiger partial charge on any atom is -0.397 e. The number of hydrogen-bond donors (Lipinski definition) is 2. The maximum absolute atomic E-state index is 12.6. The van der Waals surface area contributed by atoms with E-state index in [0.717, 1.165) is 28.5 Å². The quantitative estimate of drug-likeness (QED) is 0.916. The number of amides is 1. The number of rotatable bonds is 3. The van der Waals surface area contributed by atoms with Gasteiger partial charge >= 0.3 is 0 Å². The summed E-state index contributed by atoms with van der Waals surface area (Å²) in [4.78, 5) is 15.0. The van der Waals surface area contributed by atoms with Crippen LogP contribution < -0.4 is 5.73 Å². The van der Waals surface area contributed by atoms with E-state index in [0.29, 0.717) is 23.0 Å². The second-order valence-electron chi connectivity index (χ2n) is 5.97. The van der Waals surface area contributed by atoms with Crippen LogP contribution in [0, 0.1) is 12.8 Å². The number of carbonyl (C=O) groups excluding carboxylic acids is 1. The lowest BCUT2D eigenvalue weighted by molar-refractivity contribution is 0.0267. The molecule has 3 N–H and O–H groups in total. The Morgan fingerprint density at radius 1 is 1.48 bits per heavy atom. The molecule has 3 rings (SSSR count). The first-order chi connectivity index (χ1) is 9.97. The molecule has 0 spiro atoms. The van der Waals surface area contributed by atoms with Gasteiger partial charge in [0.25, 0.3) is 5.91 Å². The number of aryl methyl sites for hydroxylation is 1. The maximum Gasteiger partial charge on any atom is 0.265 e. The summed E-state index contributed by atoms with van der Waals surface area (Å²) < 4.78 is 1.09. The molecular weight excluding hydrogens is 284 g/mol. The lowest BCUT2D eigenvalue weighted by atomic mass is 9.82. The fraction of sp³-hybridized carbons (Fsp3) is 0.438. The molecule has 0 saturated heterocycles. The highest BCUT2D eigenvalue weighted by molar-refractivity contribution is 7.21. The molecule has 1 aromatic heterocycles. The molecule has 4 nitrogen and oxygen atoms in total. The van der Waals surface area contributed by atoms with E-state index in [2.05, 4.69) is 0 Å². The number of nitrogens with two attached hydrogens (primary N) is 1. The van der Waals surface area contributed by atoms with Gasteiger partial charge in [-0.1, -0.05) is 18.2 Å². The Balaban J connectivity index is 1.84. The number of aliphatic hydroxyl groups is 1. The van der Waals surface area contributed by atoms with Gasteiger partial charge in [0, 0.05) is 23.7 Å². The van der Waals surface area contributed by atoms with Gasteiger partial charge in [0.05, 0.1) is 11.8 Å². The van der Waals surface area contributed by atoms with Crippen LogP contribution in [0.25, 0.3) is 10.1 Å². The van der Waals surface area contributed by atoms with Gasteiger partial charge in [0.15, 0.2) is 0 Å². The first kappa shape index (κ1) is 14.4. The lowest BCUT2D eigenvalue weighted by Crippen LogP contribution is -2.39. The minimum absolute atomic E-state index is 0.0190. The smallest absolute Gasteiger partial charge is 0.265 e. The number of nitrogens with zero attached hydrogens (tertiary/aromatic N) is 1. The van der Waals surface area contributed by atoms with Crippen LogP contribution in [-0.2, 0) is 0 Å². The second kappa shape index (κ2) is 5.31. The molecule has 0 bridgehead atoms. The monoisotopic (exact) mass is 304 g/mol. The molecule has 0 atom stereocenters. The van der Waals surface area contributed by atoms with E-state index < -0.39 is 0 Å². The number of thiophene rings is 1. The average molecular weight is 304 g/mol. The van der Waals surface area contributed by atoms with Crippen molar-refractivity contribution in [1.29, 1.82) is 0 Å². The second-order valence-corrected chi connectivity index (χ2v) is 6.99. The Morgan fingerprint density at radius 2 is 2.19 bits per heavy atom. The Labute approximate surface area is 128 Å². The van der Waals surface area contributed by atoms with Gasteiger partial charge < -0.3 is 15.7 Å². The van der Waals surface area contributed by atoms with Crippen molar-refractivity contribution in [2.45, 2.75) is 25.9 Å². The van der Waals surface area contributed by atoms with Crippen molar-refractivity contribution < 1.29 is 9.90 Å². The molecule has 0 radical (unpaired) electrons. The number of carbonyl (C=O) groups is 1. The summed E-state index contributed by atoms with van der Waals surface area (Å²) >= 11 is 1.47. The van der Waals surface area contributed by atoms with Gasteiger partial charge in [-0.25, -0.2) is 0 Å². The normalized spacial score (nSPS) is 21.3. The highest BCUT2D eigenvalue weighted by Crippen LogP contribution is 2.36. The van der Waals surface area contributed by atoms with E-state index in [1.165, 1.54) is 11.3 Å². The third-order valence-electron chi connectivity index (χ3n) is 4.23. The summed E-state index contributed by atoms with van der Waals surface area (Å²) in [5.41, 5.74) is 7.90. The fourth-order valence-corrected chi connectivity index (χ4v) is 4.12. The van der Waals surface area contributed by atoms with Gasteiger partial charge in [0.2, 0.25) is 0 Å². The van der Waals surface area contributed by atoms with Gasteiger partial charge in [-0.2, -0.15) is 0 Å². The highest BCUT2D eigenvalue weighted by atomic mass is 32.1. The van der Waals surface area contributed by atoms with Crippen LogP contribution in [0.2, 0.25) is 0 Å². The molecule has 1 aliphatic rings. The zero-order chi connectivity index (χ0) is 15.1. The molecule has 1 aliphatic carbocycles. The van der Waals surface area contributed by atoms with Crippen molar-refractivity contribution in [2.75, 3.05) is 19.3 Å². The van der Waals surface area contributed by atoms with E-state index >= 15 is 0 Å². The summed E-state index contributed by atoms with van der Waals surface area (Å²) in [6, 6.07) is 5.97. The van der Waals surface area contributed by atoms with Crippen molar-refractivity contribution in [3.63, 3.8) is 0 Å². The number of benzene rings is 1. The zero-order valence-corrected chi connectivity index (χ0v) is 13.1. The molecule has 0 unspecified atom stereocenters. The largest absolute Gasteiger partial charge is 0.397 e. The number of hydrogen-bond acceptors (Lipinski definition) is 4. The first-order valence-electron chi connectivity index (χ1n) is 7.18. The lowest BCUT2D eigenvalue weighted by Gasteiger charge is -2.34. The van der Waals surface area contributed by atoms with Crippen molar-refractivity contribution in [3.05, 3.63) is 28.6 Å². The molecule has 21 heavy (non-hydrogen) atoms. The predicted molar refractivity (Wildman–Crippen MR) is 86.7 cm³/mol. The summed E-state index contributed by atoms with van der Waals surface area (Å²) in [5, 5.41) is 10.3. The Kier molecular flexibility index (Phi) is 3.63. The highest BCUT2D eigenvalue weighted by Gasteiger charge is 2.30. The molecule has 2 aromatic rings. The van der Waals surface area contributed by atoms with Crippen LogP contribution in [0.1, 0.15) is 28.1 Å². The van der Waals surface area contributed by atoms with E-state index in [1.807, 2.05) is 32.2 Å². The molecule has 5 heteroatoms. The number of aliphatic hydroxyl groups excluding tert-OH is 1. The van der Waals surface area contributed by atoms with E-state index in [1.54, 1.807) is 4.90 Å². The third kappa shape index (κ3) is 2.51. The van der Waals surface area contributed by atoms with E-state index in [-0.39, 0.29) is 12.0 Å². The summed E-state index contributed by atoms with van der Waals surface area (Å²) in [6.45, 7) is 2.72. The van der Waals surface area contributed by atoms with Gasteiger partial charge in [-0.3, -0.25) is 4.79 Å². The molecular formula is C16H20N2O2S. The third-order valence-corrected chi connectivity index (χ3v) is 5.58. The van der Waals surface area contributed by atoms with Gasteiger partial charge in [0.1, 0.15) is 4.88 Å². The van der Waals surface area contributed by atoms with Crippen LogP contribution in [0.4, 0.5) is 5.69 Å². The molecule has 1 amide bonds. The topological polar surface area (TPSA) is 66.6 Å². The summed E-state index contributed by atoms with van der Waals surface area (Å²) in [6.07, 6.45) is 1.40. The SMILES string of the molecule is Cc1cccc2c(N)c(C(=O)N(C)CC3CC(O)C3)sc12. The van der Waals surface area contributed by atoms with Crippen LogP contribution in [0.3, 0.4) is 0 Å². The van der Waals surface area contributed by atoms with E-state index in [4.69, 9.17) is 5.73 Å². The molecule has 0 aliphatic heterocycles. The van der Waals surface area contributed by atoms with Crippen LogP contribution >= 0.6 is 11.3 Å². The van der Waals surface area contributed by atoms with Crippen LogP contribution in [0.5, 0.6) is 0 Å². The first-order valence-corrected chi connectivity index (χ1v) is 8.00. The number of fused-ring (bicyclic) bond motifs is 1. The molecule has 1 fully saturated rings. The van der Waals surface area contributed by atoms with Crippen LogP contribution in [-0.4, -0.2) is 35.6 Å². The molecule has 1 aromatic carbocycles. The Bertz CT molecular complexity index is 689. The number of nitrogen functional groups attached to an aromatic ring is 1. The summed E-state index contributed by atoms with van der Waals surface area (Å²) in [5.74, 6) is 0.390. The maximum atomic E-state index is 12.6. The number of anilines is 1. The van der Waals surface area contributed by atoms with Crippen molar-refractivity contribution in [3.8, 4) is 0 Å². The van der Waals surface area contributed by atoms with Crippen molar-refractivity contribution in [1.82, 2.24) is 4.90 Å². The minimum atomic E-state index is -0.185. The molecule has 1 heterocycles. The van der Waals surface area contributed by atoms with E-state index in [9.17, 15) is 9.90 Å². The van der Waals surface area contributed by atoms with Crippen LogP contribution in [0.15, 0.2) is 18.2 Å². The zero-order valence-electron chi connectivity index (χ0n) is 12.3. The molecule has 1 saturated carbocycles. The van der Waals surface area contributed by atoms with Crippen molar-refractivity contribution in [2.24, 2.45) is 5.92 Å². The standard InChI is InChI=1S/C16H20N2O2S/c1-9-4-3-5-12-13(17)15(21-14(9)12)16(20)18(2)8-10-6-11(19)7-10/h3-5,10-11,19H,6-8,17H2,1-2H3. The fourth-order valence-electron chi connectivity index (χ4n) is 2.93. The van der Waals surface area contributed by atoms with Gasteiger partial charge in [-0.05, 0) is 31.2 Å². The van der Waals surface area contributed by atoms with Crippen molar-refractivity contribution >= 4 is 33.0 Å². The predicted octanol–water partition coefficient (Wildman–Crippen LogP) is 2.63. The Morgan fingerprint density at radius 3 is 2.81 bits per heavy atom. The van der Waals surface area contributed by atoms with Gasteiger partial charge in [-0.15, -0.1) is 11.3 Å². The summed E-state index contributed by atoms with van der Waals surface area (Å²) in [7, 11) is 1.81.